The molecule has 3 nitrogen and oxygen atoms in total. The molecule has 0 aliphatic rings. The number of fused-ring (bicyclic) bond motifs is 1. The van der Waals surface area contributed by atoms with Crippen LogP contribution in [-0.4, -0.2) is 16.3 Å². The molecule has 0 radical (unpaired) electrons. The van der Waals surface area contributed by atoms with E-state index in [2.05, 4.69) is 14.7 Å². The number of alkyl halides is 3. The van der Waals surface area contributed by atoms with E-state index in [0.717, 1.165) is 5.56 Å². The Morgan fingerprint density at radius 3 is 2.09 bits per heavy atom. The van der Waals surface area contributed by atoms with Crippen LogP contribution in [0.3, 0.4) is 0 Å². The number of nitrogens with zero attached hydrogens (tertiary/aromatic N) is 2. The summed E-state index contributed by atoms with van der Waals surface area (Å²) in [6.07, 6.45) is -3.22. The zero-order valence-corrected chi connectivity index (χ0v) is 14.7. The molecule has 1 aromatic carbocycles. The summed E-state index contributed by atoms with van der Waals surface area (Å²) in [5, 5.41) is 0. The van der Waals surface area contributed by atoms with Gasteiger partial charge < -0.3 is 4.74 Å². The second-order valence-corrected chi connectivity index (χ2v) is 4.60. The Labute approximate surface area is 135 Å². The second kappa shape index (κ2) is 9.33. The maximum absolute atomic E-state index is 12.4. The summed E-state index contributed by atoms with van der Waals surface area (Å²) in [6.45, 7) is 13.4. The number of hydrogen-bond acceptors (Lipinski definition) is 3. The van der Waals surface area contributed by atoms with Crippen molar-refractivity contribution in [2.24, 2.45) is 0 Å². The molecule has 2 rings (SSSR count). The van der Waals surface area contributed by atoms with Gasteiger partial charge in [-0.25, -0.2) is 4.98 Å². The largest absolute Gasteiger partial charge is 0.573 e. The SMILES string of the molecule is CC.CC.Cc1cnc2cc(C(C)C)cc(OC(F)(F)F)c2n1. The first-order valence-corrected chi connectivity index (χ1v) is 7.79. The quantitative estimate of drug-likeness (QED) is 0.676. The Morgan fingerprint density at radius 1 is 1.04 bits per heavy atom. The van der Waals surface area contributed by atoms with Crippen LogP contribution in [0.4, 0.5) is 13.2 Å². The van der Waals surface area contributed by atoms with Gasteiger partial charge in [0.25, 0.3) is 0 Å². The first-order valence-electron chi connectivity index (χ1n) is 7.79. The Bertz CT molecular complexity index is 611. The molecular weight excluding hydrogens is 305 g/mol. The monoisotopic (exact) mass is 330 g/mol. The molecule has 1 heterocycles. The van der Waals surface area contributed by atoms with E-state index in [-0.39, 0.29) is 17.2 Å². The van der Waals surface area contributed by atoms with Crippen molar-refractivity contribution in [1.29, 1.82) is 0 Å². The summed E-state index contributed by atoms with van der Waals surface area (Å²) in [5.41, 5.74) is 1.79. The smallest absolute Gasteiger partial charge is 0.403 e. The lowest BCUT2D eigenvalue weighted by molar-refractivity contribution is -0.274. The minimum absolute atomic E-state index is 0.0723. The van der Waals surface area contributed by atoms with E-state index in [1.54, 1.807) is 13.0 Å². The number of aromatic nitrogens is 2. The van der Waals surface area contributed by atoms with E-state index in [1.807, 2.05) is 41.5 Å². The van der Waals surface area contributed by atoms with Crippen molar-refractivity contribution in [2.45, 2.75) is 60.7 Å². The number of rotatable bonds is 2. The molecule has 1 aromatic heterocycles. The van der Waals surface area contributed by atoms with E-state index in [1.165, 1.54) is 12.3 Å². The molecule has 0 spiro atoms. The van der Waals surface area contributed by atoms with E-state index >= 15 is 0 Å². The minimum Gasteiger partial charge on any atom is -0.403 e. The first-order chi connectivity index (χ1) is 10.8. The third kappa shape index (κ3) is 6.42. The normalized spacial score (nSPS) is 10.6. The predicted octanol–water partition coefficient (Wildman–Crippen LogP) is 6.01. The van der Waals surface area contributed by atoms with Crippen LogP contribution in [0.2, 0.25) is 0 Å². The van der Waals surface area contributed by atoms with Gasteiger partial charge in [0.05, 0.1) is 11.2 Å². The predicted molar refractivity (Wildman–Crippen MR) is 87.7 cm³/mol. The standard InChI is InChI=1S/C13H13F3N2O.2C2H6/c1-7(2)9-4-10-12(18-8(3)6-17-10)11(5-9)19-13(14,15)16;2*1-2/h4-7H,1-3H3;2*1-2H3. The topological polar surface area (TPSA) is 35.0 Å². The molecule has 130 valence electrons. The van der Waals surface area contributed by atoms with Gasteiger partial charge in [0.2, 0.25) is 0 Å². The Balaban J connectivity index is 0.00000112. The van der Waals surface area contributed by atoms with Gasteiger partial charge in [-0.15, -0.1) is 13.2 Å². The molecular formula is C17H25F3N2O. The first kappa shape index (κ1) is 21.1. The molecule has 0 bridgehead atoms. The van der Waals surface area contributed by atoms with Crippen molar-refractivity contribution < 1.29 is 17.9 Å². The Hall–Kier alpha value is -1.85. The van der Waals surface area contributed by atoms with Crippen LogP contribution in [-0.2, 0) is 0 Å². The molecule has 0 saturated carbocycles. The summed E-state index contributed by atoms with van der Waals surface area (Å²) >= 11 is 0. The van der Waals surface area contributed by atoms with Gasteiger partial charge in [-0.2, -0.15) is 0 Å². The van der Waals surface area contributed by atoms with Gasteiger partial charge >= 0.3 is 6.36 Å². The lowest BCUT2D eigenvalue weighted by atomic mass is 10.0. The third-order valence-corrected chi connectivity index (χ3v) is 2.65. The molecule has 0 N–H and O–H groups in total. The highest BCUT2D eigenvalue weighted by molar-refractivity contribution is 5.82. The molecule has 0 fully saturated rings. The van der Waals surface area contributed by atoms with Crippen molar-refractivity contribution in [3.63, 3.8) is 0 Å². The molecule has 0 aliphatic heterocycles. The molecule has 2 aromatic rings. The van der Waals surface area contributed by atoms with Gasteiger partial charge in [-0.3, -0.25) is 4.98 Å². The summed E-state index contributed by atoms with van der Waals surface area (Å²) in [6, 6.07) is 3.10. The zero-order chi connectivity index (χ0) is 18.2. The van der Waals surface area contributed by atoms with Crippen LogP contribution >= 0.6 is 0 Å². The number of halogens is 3. The van der Waals surface area contributed by atoms with Gasteiger partial charge in [0.1, 0.15) is 5.52 Å². The molecule has 0 atom stereocenters. The minimum atomic E-state index is -4.74. The van der Waals surface area contributed by atoms with Crippen molar-refractivity contribution in [2.75, 3.05) is 0 Å². The highest BCUT2D eigenvalue weighted by Gasteiger charge is 2.32. The van der Waals surface area contributed by atoms with Gasteiger partial charge in [-0.05, 0) is 30.5 Å². The molecule has 6 heteroatoms. The van der Waals surface area contributed by atoms with Crippen LogP contribution in [0, 0.1) is 6.92 Å². The third-order valence-electron chi connectivity index (χ3n) is 2.65. The van der Waals surface area contributed by atoms with E-state index in [0.29, 0.717) is 11.2 Å². The number of benzene rings is 1. The summed E-state index contributed by atoms with van der Waals surface area (Å²) < 4.78 is 41.4. The van der Waals surface area contributed by atoms with Crippen LogP contribution in [0.25, 0.3) is 11.0 Å². The Morgan fingerprint density at radius 2 is 1.61 bits per heavy atom. The number of hydrogen-bond donors (Lipinski definition) is 0. The maximum atomic E-state index is 12.4. The highest BCUT2D eigenvalue weighted by atomic mass is 19.4. The fraction of sp³-hybridized carbons (Fsp3) is 0.529. The van der Waals surface area contributed by atoms with Crippen LogP contribution in [0.15, 0.2) is 18.3 Å². The van der Waals surface area contributed by atoms with Gasteiger partial charge in [0, 0.05) is 6.20 Å². The summed E-state index contributed by atoms with van der Waals surface area (Å²) in [5.74, 6) is -0.229. The van der Waals surface area contributed by atoms with Gasteiger partial charge in [-0.1, -0.05) is 41.5 Å². The van der Waals surface area contributed by atoms with E-state index < -0.39 is 6.36 Å². The fourth-order valence-electron chi connectivity index (χ4n) is 1.73. The lowest BCUT2D eigenvalue weighted by Crippen LogP contribution is -2.18. The zero-order valence-electron chi connectivity index (χ0n) is 14.7. The van der Waals surface area contributed by atoms with E-state index in [4.69, 9.17) is 0 Å². The highest BCUT2D eigenvalue weighted by Crippen LogP contribution is 2.32. The average Bonchev–Trinajstić information content (AvgIpc) is 2.50. The van der Waals surface area contributed by atoms with E-state index in [9.17, 15) is 13.2 Å². The molecule has 23 heavy (non-hydrogen) atoms. The maximum Gasteiger partial charge on any atom is 0.573 e. The summed E-state index contributed by atoms with van der Waals surface area (Å²) in [7, 11) is 0. The molecule has 0 saturated heterocycles. The Kier molecular flexibility index (Phi) is 8.58. The summed E-state index contributed by atoms with van der Waals surface area (Å²) in [4.78, 5) is 8.18. The van der Waals surface area contributed by atoms with Crippen molar-refractivity contribution >= 4 is 11.0 Å². The van der Waals surface area contributed by atoms with Crippen LogP contribution < -0.4 is 4.74 Å². The lowest BCUT2D eigenvalue weighted by Gasteiger charge is -2.14. The number of ether oxygens (including phenoxy) is 1. The molecule has 0 aliphatic carbocycles. The molecule has 0 amide bonds. The van der Waals surface area contributed by atoms with Crippen LogP contribution in [0.5, 0.6) is 5.75 Å². The fourth-order valence-corrected chi connectivity index (χ4v) is 1.73. The van der Waals surface area contributed by atoms with Crippen molar-refractivity contribution in [1.82, 2.24) is 9.97 Å². The molecule has 0 unspecified atom stereocenters. The van der Waals surface area contributed by atoms with Crippen LogP contribution in [0.1, 0.15) is 58.7 Å². The van der Waals surface area contributed by atoms with Crippen molar-refractivity contribution in [3.8, 4) is 5.75 Å². The number of aryl methyl sites for hydroxylation is 1. The van der Waals surface area contributed by atoms with Crippen molar-refractivity contribution in [3.05, 3.63) is 29.6 Å². The second-order valence-electron chi connectivity index (χ2n) is 4.60. The average molecular weight is 330 g/mol. The van der Waals surface area contributed by atoms with Gasteiger partial charge in [0.15, 0.2) is 5.75 Å².